The number of carbonyl (C=O) groups is 1. The number of hydrogen-bond donors (Lipinski definition) is 2. The topological polar surface area (TPSA) is 92.0 Å². The quantitative estimate of drug-likeness (QED) is 0.697. The summed E-state index contributed by atoms with van der Waals surface area (Å²) in [5.74, 6) is 1.13. The minimum atomic E-state index is -0.192. The smallest absolute Gasteiger partial charge is 0.241 e. The molecule has 1 saturated heterocycles. The maximum Gasteiger partial charge on any atom is 0.241 e. The average molecular weight is 454 g/mol. The molecule has 2 aliphatic heterocycles. The van der Waals surface area contributed by atoms with E-state index in [4.69, 9.17) is 9.84 Å². The average Bonchev–Trinajstić information content (AvgIpc) is 3.29. The van der Waals surface area contributed by atoms with Gasteiger partial charge in [0.05, 0.1) is 30.5 Å². The molecule has 2 fully saturated rings. The summed E-state index contributed by atoms with van der Waals surface area (Å²) in [6.07, 6.45) is 10.6. The Morgan fingerprint density at radius 1 is 1.27 bits per heavy atom. The summed E-state index contributed by atoms with van der Waals surface area (Å²) in [7, 11) is 1.69. The van der Waals surface area contributed by atoms with Gasteiger partial charge in [-0.25, -0.2) is 9.50 Å². The summed E-state index contributed by atoms with van der Waals surface area (Å²) in [5, 5.41) is 18.3. The van der Waals surface area contributed by atoms with Crippen molar-refractivity contribution in [3.05, 3.63) is 29.6 Å². The maximum atomic E-state index is 12.2. The number of aliphatic hydroxyl groups is 1. The predicted molar refractivity (Wildman–Crippen MR) is 127 cm³/mol. The zero-order valence-corrected chi connectivity index (χ0v) is 19.8. The lowest BCUT2D eigenvalue weighted by Crippen LogP contribution is -2.41. The summed E-state index contributed by atoms with van der Waals surface area (Å²) >= 11 is 0. The zero-order valence-electron chi connectivity index (χ0n) is 19.8. The first-order valence-corrected chi connectivity index (χ1v) is 12.3. The second-order valence-electron chi connectivity index (χ2n) is 9.99. The van der Waals surface area contributed by atoms with Crippen LogP contribution in [-0.4, -0.2) is 68.5 Å². The van der Waals surface area contributed by atoms with E-state index in [2.05, 4.69) is 31.9 Å². The number of aromatic nitrogens is 3. The Balaban J connectivity index is 1.54. The monoisotopic (exact) mass is 453 g/mol. The van der Waals surface area contributed by atoms with Crippen molar-refractivity contribution < 1.29 is 14.6 Å². The molecule has 0 spiro atoms. The molecule has 1 amide bonds. The molecule has 1 saturated carbocycles. The van der Waals surface area contributed by atoms with Gasteiger partial charge in [0, 0.05) is 43.3 Å². The highest BCUT2D eigenvalue weighted by Gasteiger charge is 2.39. The van der Waals surface area contributed by atoms with E-state index < -0.39 is 0 Å². The second kappa shape index (κ2) is 9.06. The number of fused-ring (bicyclic) bond motifs is 3. The van der Waals surface area contributed by atoms with Crippen molar-refractivity contribution in [2.75, 3.05) is 19.0 Å². The Kier molecular flexibility index (Phi) is 6.14. The lowest BCUT2D eigenvalue weighted by molar-refractivity contribution is -0.131. The van der Waals surface area contributed by atoms with Crippen LogP contribution >= 0.6 is 0 Å². The van der Waals surface area contributed by atoms with Crippen LogP contribution in [-0.2, 0) is 9.53 Å². The third kappa shape index (κ3) is 4.26. The third-order valence-electron chi connectivity index (χ3n) is 7.56. The molecule has 0 aromatic carbocycles. The summed E-state index contributed by atoms with van der Waals surface area (Å²) in [6, 6.07) is 2.87. The van der Waals surface area contributed by atoms with Crippen molar-refractivity contribution in [1.82, 2.24) is 19.5 Å². The first-order valence-electron chi connectivity index (χ1n) is 12.3. The van der Waals surface area contributed by atoms with Crippen LogP contribution < -0.4 is 5.32 Å². The van der Waals surface area contributed by atoms with E-state index in [0.717, 1.165) is 50.5 Å². The van der Waals surface area contributed by atoms with Crippen LogP contribution in [0.4, 0.5) is 5.95 Å². The number of anilines is 1. The molecule has 3 atom stereocenters. The summed E-state index contributed by atoms with van der Waals surface area (Å²) in [4.78, 5) is 18.8. The standard InChI is InChI=1S/C25H35N5O3/c1-15(14-33-3)27-25-26-13-24-22(18-10-19-6-7-20(11-18)29(19)16(2)31)12-23(30(24)28-25)17-4-8-21(32)9-5-17/h10,12-13,15,17,19-21,32H,4-9,11,14H2,1-3H3,(H,27,28)/t15-,17-,19-,20+,21-/m0/s1. The molecular formula is C25H35N5O3. The van der Waals surface area contributed by atoms with Crippen molar-refractivity contribution in [2.24, 2.45) is 0 Å². The number of rotatable bonds is 6. The van der Waals surface area contributed by atoms with Gasteiger partial charge in [-0.05, 0) is 63.5 Å². The molecule has 33 heavy (non-hydrogen) atoms. The number of amides is 1. The van der Waals surface area contributed by atoms with Gasteiger partial charge in [0.25, 0.3) is 0 Å². The Hall–Kier alpha value is -2.45. The highest BCUT2D eigenvalue weighted by Crippen LogP contribution is 2.42. The number of ether oxygens (including phenoxy) is 1. The number of carbonyl (C=O) groups excluding carboxylic acids is 1. The highest BCUT2D eigenvalue weighted by atomic mass is 16.5. The number of nitrogens with one attached hydrogen (secondary N) is 1. The van der Waals surface area contributed by atoms with Crippen LogP contribution in [0.25, 0.3) is 11.1 Å². The van der Waals surface area contributed by atoms with Crippen LogP contribution in [0.1, 0.15) is 76.0 Å². The Morgan fingerprint density at radius 3 is 2.76 bits per heavy atom. The molecule has 178 valence electrons. The first kappa shape index (κ1) is 22.3. The molecule has 5 rings (SSSR count). The zero-order chi connectivity index (χ0) is 23.1. The van der Waals surface area contributed by atoms with Gasteiger partial charge in [0.1, 0.15) is 0 Å². The molecule has 1 aliphatic carbocycles. The molecule has 8 nitrogen and oxygen atoms in total. The van der Waals surface area contributed by atoms with Crippen molar-refractivity contribution in [2.45, 2.75) is 88.9 Å². The fourth-order valence-electron chi connectivity index (χ4n) is 6.03. The van der Waals surface area contributed by atoms with Crippen molar-refractivity contribution in [3.63, 3.8) is 0 Å². The van der Waals surface area contributed by atoms with E-state index in [0.29, 0.717) is 18.5 Å². The molecule has 2 bridgehead atoms. The van der Waals surface area contributed by atoms with E-state index in [1.54, 1.807) is 14.0 Å². The minimum absolute atomic E-state index is 0.102. The van der Waals surface area contributed by atoms with Gasteiger partial charge in [0.15, 0.2) is 0 Å². The van der Waals surface area contributed by atoms with Gasteiger partial charge in [0.2, 0.25) is 11.9 Å². The lowest BCUT2D eigenvalue weighted by Gasteiger charge is -2.33. The third-order valence-corrected chi connectivity index (χ3v) is 7.56. The van der Waals surface area contributed by atoms with Crippen LogP contribution in [0.2, 0.25) is 0 Å². The predicted octanol–water partition coefficient (Wildman–Crippen LogP) is 3.36. The Labute approximate surface area is 195 Å². The Morgan fingerprint density at radius 2 is 2.06 bits per heavy atom. The van der Waals surface area contributed by atoms with E-state index in [1.165, 1.54) is 16.8 Å². The summed E-state index contributed by atoms with van der Waals surface area (Å²) < 4.78 is 7.31. The Bertz CT molecular complexity index is 1060. The highest BCUT2D eigenvalue weighted by molar-refractivity contribution is 5.83. The fraction of sp³-hybridized carbons (Fsp3) is 0.640. The molecule has 0 radical (unpaired) electrons. The van der Waals surface area contributed by atoms with Gasteiger partial charge in [-0.1, -0.05) is 6.08 Å². The van der Waals surface area contributed by atoms with Crippen molar-refractivity contribution in [3.8, 4) is 0 Å². The molecule has 0 unspecified atom stereocenters. The number of hydrogen-bond acceptors (Lipinski definition) is 6. The molecular weight excluding hydrogens is 418 g/mol. The van der Waals surface area contributed by atoms with Crippen LogP contribution in [0, 0.1) is 0 Å². The van der Waals surface area contributed by atoms with Crippen molar-refractivity contribution in [1.29, 1.82) is 0 Å². The minimum Gasteiger partial charge on any atom is -0.393 e. The molecule has 3 aliphatic rings. The lowest BCUT2D eigenvalue weighted by atomic mass is 9.85. The van der Waals surface area contributed by atoms with Crippen LogP contribution in [0.5, 0.6) is 0 Å². The number of aliphatic hydroxyl groups excluding tert-OH is 1. The molecule has 8 heteroatoms. The summed E-state index contributed by atoms with van der Waals surface area (Å²) in [6.45, 7) is 4.31. The van der Waals surface area contributed by atoms with E-state index >= 15 is 0 Å². The normalized spacial score (nSPS) is 28.1. The van der Waals surface area contributed by atoms with Gasteiger partial charge >= 0.3 is 0 Å². The fourth-order valence-corrected chi connectivity index (χ4v) is 6.03. The van der Waals surface area contributed by atoms with Gasteiger partial charge in [-0.2, -0.15) is 0 Å². The molecule has 4 heterocycles. The van der Waals surface area contributed by atoms with E-state index in [1.807, 2.05) is 13.1 Å². The van der Waals surface area contributed by atoms with Crippen LogP contribution in [0.3, 0.4) is 0 Å². The van der Waals surface area contributed by atoms with E-state index in [-0.39, 0.29) is 30.1 Å². The van der Waals surface area contributed by atoms with Gasteiger partial charge < -0.3 is 20.1 Å². The molecule has 2 N–H and O–H groups in total. The summed E-state index contributed by atoms with van der Waals surface area (Å²) in [5.41, 5.74) is 4.70. The van der Waals surface area contributed by atoms with Gasteiger partial charge in [-0.15, -0.1) is 5.10 Å². The van der Waals surface area contributed by atoms with Gasteiger partial charge in [-0.3, -0.25) is 4.79 Å². The SMILES string of the molecule is COC[C@H](C)Nc1ncc2c(C3=C[C@@H]4CC[C@H](C3)N4C(C)=O)cc([C@H]3CC[C@H](O)CC3)n2n1. The first-order chi connectivity index (χ1) is 15.9. The number of nitrogens with zero attached hydrogens (tertiary/aromatic N) is 4. The van der Waals surface area contributed by atoms with Crippen LogP contribution in [0.15, 0.2) is 18.3 Å². The molecule has 2 aromatic heterocycles. The number of methoxy groups -OCH3 is 1. The van der Waals surface area contributed by atoms with Crippen molar-refractivity contribution >= 4 is 22.9 Å². The largest absolute Gasteiger partial charge is 0.393 e. The second-order valence-corrected chi connectivity index (χ2v) is 9.99. The molecule has 2 aromatic rings. The maximum absolute atomic E-state index is 12.2. The van der Waals surface area contributed by atoms with E-state index in [9.17, 15) is 9.90 Å².